The molecule has 0 radical (unpaired) electrons. The molecule has 6 nitrogen and oxygen atoms in total. The number of thiazole rings is 1. The Kier molecular flexibility index (Phi) is 6.82. The molecule has 0 aliphatic heterocycles. The van der Waals surface area contributed by atoms with Gasteiger partial charge in [-0.2, -0.15) is 0 Å². The van der Waals surface area contributed by atoms with Crippen molar-refractivity contribution in [3.05, 3.63) is 52.3 Å². The fourth-order valence-electron chi connectivity index (χ4n) is 3.59. The molecule has 3 rings (SSSR count). The van der Waals surface area contributed by atoms with Crippen molar-refractivity contribution in [1.82, 2.24) is 9.55 Å². The Morgan fingerprint density at radius 2 is 2.00 bits per heavy atom. The van der Waals surface area contributed by atoms with Crippen LogP contribution >= 0.6 is 11.3 Å². The van der Waals surface area contributed by atoms with Crippen molar-refractivity contribution in [2.75, 3.05) is 20.3 Å². The van der Waals surface area contributed by atoms with E-state index in [2.05, 4.69) is 9.55 Å². The fraction of sp³-hybridized carbons (Fsp3) is 0.409. The molecule has 2 heterocycles. The number of para-hydroxylation sites is 1. The Bertz CT molecular complexity index is 988. The van der Waals surface area contributed by atoms with E-state index in [0.29, 0.717) is 18.6 Å². The molecule has 3 aromatic rings. The quantitative estimate of drug-likeness (QED) is 0.386. The Hall–Kier alpha value is -2.51. The summed E-state index contributed by atoms with van der Waals surface area (Å²) in [4.78, 5) is 29.2. The summed E-state index contributed by atoms with van der Waals surface area (Å²) in [7, 11) is 1.66. The maximum Gasteiger partial charge on any atom is 0.306 e. The first kappa shape index (κ1) is 21.2. The maximum absolute atomic E-state index is 12.6. The van der Waals surface area contributed by atoms with Gasteiger partial charge in [0.2, 0.25) is 5.78 Å². The number of Topliss-reactive ketones (excluding diaryl/α,β-unsaturated/α-hetero) is 1. The third kappa shape index (κ3) is 4.92. The van der Waals surface area contributed by atoms with E-state index in [4.69, 9.17) is 9.47 Å². The molecule has 0 spiro atoms. The maximum atomic E-state index is 12.6. The number of methoxy groups -OCH3 is 1. The van der Waals surface area contributed by atoms with Gasteiger partial charge in [-0.25, -0.2) is 4.98 Å². The first-order chi connectivity index (χ1) is 13.9. The molecule has 154 valence electrons. The number of esters is 1. The number of nitrogens with zero attached hydrogens (tertiary/aromatic N) is 2. The minimum atomic E-state index is -0.390. The van der Waals surface area contributed by atoms with Crippen molar-refractivity contribution >= 4 is 33.3 Å². The van der Waals surface area contributed by atoms with Crippen molar-refractivity contribution in [1.29, 1.82) is 0 Å². The highest BCUT2D eigenvalue weighted by atomic mass is 32.1. The van der Waals surface area contributed by atoms with Crippen LogP contribution in [0.1, 0.15) is 46.1 Å². The normalized spacial score (nSPS) is 12.3. The number of benzene rings is 1. The zero-order valence-corrected chi connectivity index (χ0v) is 18.0. The summed E-state index contributed by atoms with van der Waals surface area (Å²) in [5.41, 5.74) is 3.37. The second-order valence-electron chi connectivity index (χ2n) is 7.12. The number of fused-ring (bicyclic) bond motifs is 1. The molecule has 7 heteroatoms. The summed E-state index contributed by atoms with van der Waals surface area (Å²) in [6.45, 7) is 6.22. The highest BCUT2D eigenvalue weighted by Crippen LogP contribution is 2.23. The van der Waals surface area contributed by atoms with E-state index in [0.717, 1.165) is 26.6 Å². The summed E-state index contributed by atoms with van der Waals surface area (Å²) in [6.07, 6.45) is 0.715. The van der Waals surface area contributed by atoms with Gasteiger partial charge in [-0.3, -0.25) is 9.59 Å². The molecule has 29 heavy (non-hydrogen) atoms. The third-order valence-electron chi connectivity index (χ3n) is 4.88. The lowest BCUT2D eigenvalue weighted by atomic mass is 10.1. The van der Waals surface area contributed by atoms with Gasteiger partial charge < -0.3 is 14.0 Å². The smallest absolute Gasteiger partial charge is 0.306 e. The van der Waals surface area contributed by atoms with Gasteiger partial charge in [0.15, 0.2) is 6.61 Å². The molecule has 0 fully saturated rings. The molecule has 0 saturated heterocycles. The number of hydrogen-bond donors (Lipinski definition) is 0. The third-order valence-corrected chi connectivity index (χ3v) is 5.97. The number of hydrogen-bond acceptors (Lipinski definition) is 6. The van der Waals surface area contributed by atoms with E-state index < -0.39 is 0 Å². The number of carbonyl (C=O) groups is 2. The standard InChI is InChI=1S/C22H26N2O4S/c1-14-11-17(16(3)24(14)15(2)12-27-4)19(25)13-28-22(26)10-9-21-23-18-7-5-6-8-20(18)29-21/h5-8,11,15H,9-10,12-13H2,1-4H3. The van der Waals surface area contributed by atoms with Crippen LogP contribution in [0.15, 0.2) is 30.3 Å². The van der Waals surface area contributed by atoms with E-state index in [1.807, 2.05) is 51.1 Å². The van der Waals surface area contributed by atoms with Gasteiger partial charge in [-0.1, -0.05) is 12.1 Å². The molecular weight excluding hydrogens is 388 g/mol. The predicted octanol–water partition coefficient (Wildman–Crippen LogP) is 4.28. The van der Waals surface area contributed by atoms with Crippen LogP contribution in [0, 0.1) is 13.8 Å². The monoisotopic (exact) mass is 414 g/mol. The molecule has 0 aliphatic carbocycles. The Labute approximate surface area is 174 Å². The summed E-state index contributed by atoms with van der Waals surface area (Å²) in [5, 5.41) is 0.894. The average Bonchev–Trinajstić information content (AvgIpc) is 3.24. The lowest BCUT2D eigenvalue weighted by molar-refractivity contribution is -0.142. The van der Waals surface area contributed by atoms with Gasteiger partial charge in [-0.05, 0) is 39.0 Å². The van der Waals surface area contributed by atoms with Gasteiger partial charge >= 0.3 is 5.97 Å². The van der Waals surface area contributed by atoms with Crippen LogP contribution in [-0.4, -0.2) is 41.6 Å². The van der Waals surface area contributed by atoms with E-state index in [-0.39, 0.29) is 30.8 Å². The van der Waals surface area contributed by atoms with Crippen molar-refractivity contribution in [2.45, 2.75) is 39.7 Å². The first-order valence-corrected chi connectivity index (χ1v) is 10.4. The van der Waals surface area contributed by atoms with Gasteiger partial charge in [0.25, 0.3) is 0 Å². The molecule has 0 aliphatic rings. The van der Waals surface area contributed by atoms with Crippen LogP contribution in [0.3, 0.4) is 0 Å². The molecule has 0 amide bonds. The molecule has 1 aromatic carbocycles. The van der Waals surface area contributed by atoms with Crippen molar-refractivity contribution in [3.63, 3.8) is 0 Å². The Morgan fingerprint density at radius 3 is 2.72 bits per heavy atom. The van der Waals surface area contributed by atoms with Gasteiger partial charge in [-0.15, -0.1) is 11.3 Å². The van der Waals surface area contributed by atoms with Crippen molar-refractivity contribution in [2.24, 2.45) is 0 Å². The molecule has 1 unspecified atom stereocenters. The molecule has 0 saturated carbocycles. The summed E-state index contributed by atoms with van der Waals surface area (Å²) in [6, 6.07) is 9.85. The highest BCUT2D eigenvalue weighted by Gasteiger charge is 2.20. The first-order valence-electron chi connectivity index (χ1n) is 9.61. The van der Waals surface area contributed by atoms with Crippen LogP contribution in [0.4, 0.5) is 0 Å². The number of rotatable bonds is 9. The van der Waals surface area contributed by atoms with E-state index in [1.165, 1.54) is 0 Å². The van der Waals surface area contributed by atoms with Crippen LogP contribution < -0.4 is 0 Å². The summed E-state index contributed by atoms with van der Waals surface area (Å²) < 4.78 is 13.6. The van der Waals surface area contributed by atoms with Crippen LogP contribution in [0.25, 0.3) is 10.2 Å². The molecular formula is C22H26N2O4S. The van der Waals surface area contributed by atoms with Crippen LogP contribution in [0.5, 0.6) is 0 Å². The van der Waals surface area contributed by atoms with Crippen LogP contribution in [0.2, 0.25) is 0 Å². The lowest BCUT2D eigenvalue weighted by Crippen LogP contribution is -2.17. The van der Waals surface area contributed by atoms with Crippen molar-refractivity contribution < 1.29 is 19.1 Å². The zero-order valence-electron chi connectivity index (χ0n) is 17.2. The second kappa shape index (κ2) is 9.33. The minimum Gasteiger partial charge on any atom is -0.457 e. The highest BCUT2D eigenvalue weighted by molar-refractivity contribution is 7.18. The number of aromatic nitrogens is 2. The van der Waals surface area contributed by atoms with Gasteiger partial charge in [0.05, 0.1) is 34.3 Å². The number of ketones is 1. The van der Waals surface area contributed by atoms with E-state index >= 15 is 0 Å². The lowest BCUT2D eigenvalue weighted by Gasteiger charge is -2.17. The van der Waals surface area contributed by atoms with E-state index in [9.17, 15) is 9.59 Å². The molecule has 0 N–H and O–H groups in total. The number of ether oxygens (including phenoxy) is 2. The Morgan fingerprint density at radius 1 is 1.24 bits per heavy atom. The SMILES string of the molecule is COCC(C)n1c(C)cc(C(=O)COC(=O)CCc2nc3ccccc3s2)c1C. The average molecular weight is 415 g/mol. The minimum absolute atomic E-state index is 0.123. The Balaban J connectivity index is 1.54. The largest absolute Gasteiger partial charge is 0.457 e. The van der Waals surface area contributed by atoms with Crippen molar-refractivity contribution in [3.8, 4) is 0 Å². The summed E-state index contributed by atoms with van der Waals surface area (Å²) >= 11 is 1.57. The fourth-order valence-corrected chi connectivity index (χ4v) is 4.55. The molecule has 2 aromatic heterocycles. The number of carbonyl (C=O) groups excluding carboxylic acids is 2. The molecule has 0 bridgehead atoms. The van der Waals surface area contributed by atoms with Gasteiger partial charge in [0.1, 0.15) is 0 Å². The molecule has 1 atom stereocenters. The summed E-state index contributed by atoms with van der Waals surface area (Å²) in [5.74, 6) is -0.582. The predicted molar refractivity (Wildman–Crippen MR) is 114 cm³/mol. The second-order valence-corrected chi connectivity index (χ2v) is 8.23. The topological polar surface area (TPSA) is 70.4 Å². The number of aryl methyl sites for hydroxylation is 2. The van der Waals surface area contributed by atoms with E-state index in [1.54, 1.807) is 18.4 Å². The van der Waals surface area contributed by atoms with Crippen LogP contribution in [-0.2, 0) is 20.7 Å². The zero-order chi connectivity index (χ0) is 21.0. The van der Waals surface area contributed by atoms with Gasteiger partial charge in [0, 0.05) is 30.5 Å².